The first-order valence-corrected chi connectivity index (χ1v) is 9.77. The highest BCUT2D eigenvalue weighted by molar-refractivity contribution is 6.31. The van der Waals surface area contributed by atoms with Crippen LogP contribution in [0, 0.1) is 11.6 Å². The van der Waals surface area contributed by atoms with Crippen molar-refractivity contribution in [1.82, 2.24) is 9.38 Å². The van der Waals surface area contributed by atoms with E-state index in [1.54, 1.807) is 10.6 Å². The number of nitrogens with zero attached hydrogens (tertiary/aromatic N) is 2. The fourth-order valence-electron chi connectivity index (χ4n) is 3.41. The molecule has 0 radical (unpaired) electrons. The van der Waals surface area contributed by atoms with Gasteiger partial charge in [0.25, 0.3) is 5.91 Å². The molecule has 0 saturated heterocycles. The Morgan fingerprint density at radius 1 is 1.06 bits per heavy atom. The first-order valence-electron chi connectivity index (χ1n) is 9.40. The van der Waals surface area contributed by atoms with Gasteiger partial charge in [0.15, 0.2) is 0 Å². The van der Waals surface area contributed by atoms with Crippen molar-refractivity contribution in [3.8, 4) is 0 Å². The van der Waals surface area contributed by atoms with Crippen molar-refractivity contribution < 1.29 is 26.7 Å². The number of hydrogen-bond donors (Lipinski definition) is 2. The molecular formula is C22H14ClF5N4O. The Balaban J connectivity index is 1.79. The van der Waals surface area contributed by atoms with Crippen molar-refractivity contribution >= 4 is 28.8 Å². The van der Waals surface area contributed by atoms with Crippen molar-refractivity contribution in [2.45, 2.75) is 12.2 Å². The van der Waals surface area contributed by atoms with Crippen LogP contribution in [0.4, 0.5) is 27.6 Å². The third kappa shape index (κ3) is 4.53. The lowest BCUT2D eigenvalue weighted by molar-refractivity contribution is -0.137. The van der Waals surface area contributed by atoms with Crippen LogP contribution >= 0.6 is 11.6 Å². The van der Waals surface area contributed by atoms with E-state index in [2.05, 4.69) is 10.3 Å². The first-order chi connectivity index (χ1) is 15.5. The molecule has 1 atom stereocenters. The Labute approximate surface area is 188 Å². The molecule has 11 heteroatoms. The predicted octanol–water partition coefficient (Wildman–Crippen LogP) is 5.59. The fourth-order valence-corrected chi connectivity index (χ4v) is 3.65. The smallest absolute Gasteiger partial charge is 0.321 e. The van der Waals surface area contributed by atoms with Gasteiger partial charge in [-0.3, -0.25) is 4.79 Å². The number of anilines is 1. The summed E-state index contributed by atoms with van der Waals surface area (Å²) < 4.78 is 68.3. The molecule has 0 spiro atoms. The van der Waals surface area contributed by atoms with E-state index in [0.29, 0.717) is 23.8 Å². The number of rotatable bonds is 4. The van der Waals surface area contributed by atoms with E-state index >= 15 is 0 Å². The van der Waals surface area contributed by atoms with Crippen LogP contribution in [0.3, 0.4) is 0 Å². The molecule has 0 fully saturated rings. The third-order valence-corrected chi connectivity index (χ3v) is 5.29. The molecule has 170 valence electrons. The average Bonchev–Trinajstić information content (AvgIpc) is 3.22. The number of carbonyl (C=O) groups excluding carboxylic acids is 1. The monoisotopic (exact) mass is 480 g/mol. The summed E-state index contributed by atoms with van der Waals surface area (Å²) in [6.07, 6.45) is -0.235. The van der Waals surface area contributed by atoms with Gasteiger partial charge < -0.3 is 15.5 Å². The number of aromatic nitrogens is 2. The Morgan fingerprint density at radius 3 is 2.55 bits per heavy atom. The van der Waals surface area contributed by atoms with Crippen LogP contribution in [0.15, 0.2) is 61.1 Å². The molecule has 1 amide bonds. The Kier molecular flexibility index (Phi) is 5.81. The minimum absolute atomic E-state index is 0.0874. The van der Waals surface area contributed by atoms with Crippen LogP contribution in [0.1, 0.15) is 33.1 Å². The van der Waals surface area contributed by atoms with Gasteiger partial charge in [-0.15, -0.1) is 0 Å². The van der Waals surface area contributed by atoms with Gasteiger partial charge in [-0.05, 0) is 48.0 Å². The molecule has 0 aliphatic carbocycles. The predicted molar refractivity (Wildman–Crippen MR) is 112 cm³/mol. The molecule has 33 heavy (non-hydrogen) atoms. The summed E-state index contributed by atoms with van der Waals surface area (Å²) in [5.74, 6) is -2.82. The highest BCUT2D eigenvalue weighted by atomic mass is 35.5. The second kappa shape index (κ2) is 8.45. The van der Waals surface area contributed by atoms with Gasteiger partial charge in [0.05, 0.1) is 17.3 Å². The van der Waals surface area contributed by atoms with Crippen molar-refractivity contribution in [1.29, 1.82) is 0 Å². The molecule has 3 N–H and O–H groups in total. The quantitative estimate of drug-likeness (QED) is 0.374. The van der Waals surface area contributed by atoms with Crippen LogP contribution in [0.2, 0.25) is 5.02 Å². The largest absolute Gasteiger partial charge is 0.416 e. The van der Waals surface area contributed by atoms with Crippen molar-refractivity contribution in [3.63, 3.8) is 0 Å². The zero-order chi connectivity index (χ0) is 23.9. The topological polar surface area (TPSA) is 72.4 Å². The minimum Gasteiger partial charge on any atom is -0.321 e. The van der Waals surface area contributed by atoms with Gasteiger partial charge in [-0.25, -0.2) is 13.8 Å². The van der Waals surface area contributed by atoms with Crippen molar-refractivity contribution in [2.24, 2.45) is 5.73 Å². The Hall–Kier alpha value is -3.50. The van der Waals surface area contributed by atoms with Crippen LogP contribution in [0.5, 0.6) is 0 Å². The summed E-state index contributed by atoms with van der Waals surface area (Å²) in [6, 6.07) is 5.50. The van der Waals surface area contributed by atoms with Gasteiger partial charge >= 0.3 is 6.18 Å². The molecule has 0 aliphatic rings. The summed E-state index contributed by atoms with van der Waals surface area (Å²) in [5, 5.41) is 2.62. The van der Waals surface area contributed by atoms with Gasteiger partial charge in [-0.1, -0.05) is 11.6 Å². The fraction of sp³-hybridized carbons (Fsp3) is 0.0909. The molecule has 0 aliphatic heterocycles. The lowest BCUT2D eigenvalue weighted by atomic mass is 9.98. The molecule has 4 aromatic rings. The normalized spacial score (nSPS) is 12.7. The van der Waals surface area contributed by atoms with E-state index in [4.69, 9.17) is 17.3 Å². The van der Waals surface area contributed by atoms with E-state index in [0.717, 1.165) is 12.1 Å². The number of benzene rings is 2. The number of imidazole rings is 1. The number of fused-ring (bicyclic) bond motifs is 1. The van der Waals surface area contributed by atoms with Gasteiger partial charge in [0, 0.05) is 34.7 Å². The van der Waals surface area contributed by atoms with E-state index < -0.39 is 40.9 Å². The third-order valence-electron chi connectivity index (χ3n) is 4.94. The summed E-state index contributed by atoms with van der Waals surface area (Å²) in [7, 11) is 0. The zero-order valence-electron chi connectivity index (χ0n) is 16.5. The lowest BCUT2D eigenvalue weighted by Crippen LogP contribution is -2.20. The number of carbonyl (C=O) groups is 1. The molecule has 2 aromatic heterocycles. The van der Waals surface area contributed by atoms with Crippen LogP contribution in [0.25, 0.3) is 5.65 Å². The number of alkyl halides is 3. The molecular weight excluding hydrogens is 467 g/mol. The van der Waals surface area contributed by atoms with Crippen LogP contribution in [-0.4, -0.2) is 15.3 Å². The second-order valence-corrected chi connectivity index (χ2v) is 7.53. The average molecular weight is 481 g/mol. The maximum absolute atomic E-state index is 13.8. The number of hydrogen-bond acceptors (Lipinski definition) is 3. The molecule has 2 heterocycles. The van der Waals surface area contributed by atoms with E-state index in [1.165, 1.54) is 24.5 Å². The van der Waals surface area contributed by atoms with Crippen LogP contribution in [-0.2, 0) is 6.18 Å². The standard InChI is InChI=1S/C22H14ClF5N4O/c23-16-2-1-13(24)10-15(16)19(29)18-17(3-5-32-6-4-30-20(18)32)31-21(33)11-7-12(22(26,27)28)9-14(25)8-11/h1-10,19H,29H2,(H,31,33). The number of pyridine rings is 1. The maximum atomic E-state index is 13.8. The summed E-state index contributed by atoms with van der Waals surface area (Å²) >= 11 is 6.19. The summed E-state index contributed by atoms with van der Waals surface area (Å²) in [6.45, 7) is 0. The number of nitrogens with two attached hydrogens (primary N) is 1. The zero-order valence-corrected chi connectivity index (χ0v) is 17.3. The van der Waals surface area contributed by atoms with E-state index in [1.807, 2.05) is 0 Å². The summed E-state index contributed by atoms with van der Waals surface area (Å²) in [4.78, 5) is 17.0. The van der Waals surface area contributed by atoms with E-state index in [-0.39, 0.29) is 21.8 Å². The SMILES string of the molecule is NC(c1cc(F)ccc1Cl)c1c(NC(=O)c2cc(F)cc(C(F)(F)F)c2)ccn2ccnc12. The highest BCUT2D eigenvalue weighted by Crippen LogP contribution is 2.35. The maximum Gasteiger partial charge on any atom is 0.416 e. The Morgan fingerprint density at radius 2 is 1.82 bits per heavy atom. The molecule has 0 saturated carbocycles. The minimum atomic E-state index is -4.84. The lowest BCUT2D eigenvalue weighted by Gasteiger charge is -2.20. The van der Waals surface area contributed by atoms with Crippen LogP contribution < -0.4 is 11.1 Å². The number of nitrogens with one attached hydrogen (secondary N) is 1. The van der Waals surface area contributed by atoms with E-state index in [9.17, 15) is 26.7 Å². The molecule has 2 aromatic carbocycles. The summed E-state index contributed by atoms with van der Waals surface area (Å²) in [5.41, 5.74) is 5.34. The molecule has 1 unspecified atom stereocenters. The first kappa shape index (κ1) is 22.7. The van der Waals surface area contributed by atoms with Gasteiger partial charge in [0.1, 0.15) is 17.3 Å². The molecule has 4 rings (SSSR count). The molecule has 5 nitrogen and oxygen atoms in total. The molecule has 0 bridgehead atoms. The number of amides is 1. The number of halogens is 6. The highest BCUT2D eigenvalue weighted by Gasteiger charge is 2.32. The Bertz CT molecular complexity index is 1370. The second-order valence-electron chi connectivity index (χ2n) is 7.13. The van der Waals surface area contributed by atoms with Gasteiger partial charge in [0.2, 0.25) is 0 Å². The van der Waals surface area contributed by atoms with Gasteiger partial charge in [-0.2, -0.15) is 13.2 Å². The van der Waals surface area contributed by atoms with Crippen molar-refractivity contribution in [3.05, 3.63) is 100.0 Å². The van der Waals surface area contributed by atoms with Crippen molar-refractivity contribution in [2.75, 3.05) is 5.32 Å².